The molecule has 0 aliphatic rings. The molecule has 0 aromatic heterocycles. The standard InChI is InChI=1S/C8H5BrClF3O/c1-2(14)3-4(9)7(12)5(10)8(13)6(3)11/h2,14H,1H3. The zero-order valence-electron chi connectivity index (χ0n) is 6.91. The first-order chi connectivity index (χ1) is 6.37. The van der Waals surface area contributed by atoms with Crippen molar-refractivity contribution < 1.29 is 18.3 Å². The van der Waals surface area contributed by atoms with Gasteiger partial charge in [0.05, 0.1) is 10.6 Å². The fourth-order valence-corrected chi connectivity index (χ4v) is 1.98. The van der Waals surface area contributed by atoms with Crippen LogP contribution in [-0.4, -0.2) is 5.11 Å². The van der Waals surface area contributed by atoms with Crippen molar-refractivity contribution in [2.24, 2.45) is 0 Å². The van der Waals surface area contributed by atoms with E-state index in [1.165, 1.54) is 6.92 Å². The monoisotopic (exact) mass is 288 g/mol. The molecule has 1 unspecified atom stereocenters. The van der Waals surface area contributed by atoms with Crippen molar-refractivity contribution in [2.75, 3.05) is 0 Å². The molecule has 0 heterocycles. The second-order valence-corrected chi connectivity index (χ2v) is 3.83. The summed E-state index contributed by atoms with van der Waals surface area (Å²) in [4.78, 5) is 0. The molecule has 6 heteroatoms. The number of hydrogen-bond acceptors (Lipinski definition) is 1. The molecule has 0 saturated heterocycles. The van der Waals surface area contributed by atoms with E-state index in [1.54, 1.807) is 0 Å². The third-order valence-electron chi connectivity index (χ3n) is 1.66. The molecule has 1 aromatic rings. The Bertz CT molecular complexity index is 352. The van der Waals surface area contributed by atoms with Crippen LogP contribution in [0, 0.1) is 17.5 Å². The SMILES string of the molecule is CC(O)c1c(F)c(F)c(Cl)c(F)c1Br. The predicted molar refractivity (Wildman–Crippen MR) is 49.7 cm³/mol. The summed E-state index contributed by atoms with van der Waals surface area (Å²) in [5, 5.41) is 8.15. The van der Waals surface area contributed by atoms with Gasteiger partial charge in [-0.2, -0.15) is 0 Å². The number of halogens is 5. The Morgan fingerprint density at radius 1 is 1.21 bits per heavy atom. The molecule has 0 amide bonds. The highest BCUT2D eigenvalue weighted by atomic mass is 79.9. The summed E-state index contributed by atoms with van der Waals surface area (Å²) in [7, 11) is 0. The van der Waals surface area contributed by atoms with E-state index in [0.29, 0.717) is 0 Å². The van der Waals surface area contributed by atoms with Crippen molar-refractivity contribution in [3.8, 4) is 0 Å². The summed E-state index contributed by atoms with van der Waals surface area (Å²) in [5.41, 5.74) is -0.482. The van der Waals surface area contributed by atoms with Gasteiger partial charge in [0.25, 0.3) is 0 Å². The van der Waals surface area contributed by atoms with Gasteiger partial charge < -0.3 is 5.11 Å². The van der Waals surface area contributed by atoms with Crippen LogP contribution in [0.4, 0.5) is 13.2 Å². The van der Waals surface area contributed by atoms with Gasteiger partial charge in [0.15, 0.2) is 17.5 Å². The average molecular weight is 289 g/mol. The van der Waals surface area contributed by atoms with Crippen LogP contribution in [0.1, 0.15) is 18.6 Å². The summed E-state index contributed by atoms with van der Waals surface area (Å²) in [6.07, 6.45) is -1.33. The Kier molecular flexibility index (Phi) is 3.44. The molecule has 1 nitrogen and oxygen atoms in total. The second-order valence-electron chi connectivity index (χ2n) is 2.66. The molecule has 0 radical (unpaired) electrons. The maximum Gasteiger partial charge on any atom is 0.180 e. The van der Waals surface area contributed by atoms with Gasteiger partial charge in [-0.05, 0) is 22.9 Å². The lowest BCUT2D eigenvalue weighted by molar-refractivity contribution is 0.191. The van der Waals surface area contributed by atoms with Gasteiger partial charge in [-0.3, -0.25) is 0 Å². The smallest absolute Gasteiger partial charge is 0.180 e. The predicted octanol–water partition coefficient (Wildman–Crippen LogP) is 3.57. The van der Waals surface area contributed by atoms with Crippen molar-refractivity contribution in [3.05, 3.63) is 32.5 Å². The Hall–Kier alpha value is -0.260. The minimum Gasteiger partial charge on any atom is -0.389 e. The van der Waals surface area contributed by atoms with Gasteiger partial charge in [0.2, 0.25) is 0 Å². The van der Waals surface area contributed by atoms with E-state index in [2.05, 4.69) is 15.9 Å². The van der Waals surface area contributed by atoms with Crippen molar-refractivity contribution in [3.63, 3.8) is 0 Å². The fourth-order valence-electron chi connectivity index (χ4n) is 0.989. The molecule has 0 aliphatic heterocycles. The highest BCUT2D eigenvalue weighted by molar-refractivity contribution is 9.10. The van der Waals surface area contributed by atoms with E-state index in [1.807, 2.05) is 0 Å². The molecule has 1 N–H and O–H groups in total. The highest BCUT2D eigenvalue weighted by Gasteiger charge is 2.24. The Morgan fingerprint density at radius 2 is 1.71 bits per heavy atom. The molecule has 78 valence electrons. The molecule has 1 aromatic carbocycles. The molecule has 1 atom stereocenters. The van der Waals surface area contributed by atoms with E-state index in [-0.39, 0.29) is 4.47 Å². The molecule has 0 spiro atoms. The zero-order chi connectivity index (χ0) is 11.0. The van der Waals surface area contributed by atoms with Crippen molar-refractivity contribution in [1.82, 2.24) is 0 Å². The van der Waals surface area contributed by atoms with Crippen molar-refractivity contribution in [2.45, 2.75) is 13.0 Å². The Morgan fingerprint density at radius 3 is 2.14 bits per heavy atom. The van der Waals surface area contributed by atoms with Crippen LogP contribution in [0.2, 0.25) is 5.02 Å². The molecule has 0 bridgehead atoms. The molecule has 1 rings (SSSR count). The largest absolute Gasteiger partial charge is 0.389 e. The van der Waals surface area contributed by atoms with Crippen molar-refractivity contribution in [1.29, 1.82) is 0 Å². The number of benzene rings is 1. The summed E-state index contributed by atoms with van der Waals surface area (Å²) in [6, 6.07) is 0. The summed E-state index contributed by atoms with van der Waals surface area (Å²) in [6.45, 7) is 1.19. The first kappa shape index (κ1) is 11.8. The lowest BCUT2D eigenvalue weighted by Gasteiger charge is -2.11. The van der Waals surface area contributed by atoms with Gasteiger partial charge in [0.1, 0.15) is 5.02 Å². The first-order valence-corrected chi connectivity index (χ1v) is 4.74. The molecule has 0 saturated carbocycles. The minimum absolute atomic E-state index is 0.364. The van der Waals surface area contributed by atoms with E-state index in [4.69, 9.17) is 16.7 Å². The third kappa shape index (κ3) is 1.76. The van der Waals surface area contributed by atoms with Gasteiger partial charge in [0, 0.05) is 5.56 Å². The topological polar surface area (TPSA) is 20.2 Å². The van der Waals surface area contributed by atoms with Crippen LogP contribution in [0.3, 0.4) is 0 Å². The number of aliphatic hydroxyl groups excluding tert-OH is 1. The number of rotatable bonds is 1. The van der Waals surface area contributed by atoms with Gasteiger partial charge in [-0.15, -0.1) is 0 Å². The van der Waals surface area contributed by atoms with Crippen molar-refractivity contribution >= 4 is 27.5 Å². The van der Waals surface area contributed by atoms with Gasteiger partial charge >= 0.3 is 0 Å². The van der Waals surface area contributed by atoms with Crippen LogP contribution in [0.25, 0.3) is 0 Å². The average Bonchev–Trinajstić information content (AvgIpc) is 2.11. The fraction of sp³-hybridized carbons (Fsp3) is 0.250. The van der Waals surface area contributed by atoms with Gasteiger partial charge in [-0.1, -0.05) is 11.6 Å². The normalized spacial score (nSPS) is 13.1. The summed E-state index contributed by atoms with van der Waals surface area (Å²) >= 11 is 7.85. The maximum atomic E-state index is 13.1. The molecule has 0 aliphatic carbocycles. The van der Waals surface area contributed by atoms with Gasteiger partial charge in [-0.25, -0.2) is 13.2 Å². The zero-order valence-corrected chi connectivity index (χ0v) is 9.26. The van der Waals surface area contributed by atoms with E-state index in [0.717, 1.165) is 0 Å². The molecular weight excluding hydrogens is 284 g/mol. The second kappa shape index (κ2) is 4.08. The lowest BCUT2D eigenvalue weighted by Crippen LogP contribution is -2.04. The first-order valence-electron chi connectivity index (χ1n) is 3.57. The van der Waals surface area contributed by atoms with Crippen LogP contribution in [-0.2, 0) is 0 Å². The Balaban J connectivity index is 3.60. The van der Waals surface area contributed by atoms with E-state index < -0.39 is 34.1 Å². The molecular formula is C8H5BrClF3O. The van der Waals surface area contributed by atoms with E-state index >= 15 is 0 Å². The Labute approximate surface area is 91.6 Å². The van der Waals surface area contributed by atoms with Crippen LogP contribution < -0.4 is 0 Å². The summed E-state index contributed by atoms with van der Waals surface area (Å²) in [5.74, 6) is -3.97. The van der Waals surface area contributed by atoms with Crippen LogP contribution in [0.15, 0.2) is 4.47 Å². The number of aliphatic hydroxyl groups is 1. The molecule has 14 heavy (non-hydrogen) atoms. The number of hydrogen-bond donors (Lipinski definition) is 1. The van der Waals surface area contributed by atoms with Crippen LogP contribution >= 0.6 is 27.5 Å². The quantitative estimate of drug-likeness (QED) is 0.619. The van der Waals surface area contributed by atoms with Crippen LogP contribution in [0.5, 0.6) is 0 Å². The van der Waals surface area contributed by atoms with E-state index in [9.17, 15) is 13.2 Å². The summed E-state index contributed by atoms with van der Waals surface area (Å²) < 4.78 is 38.8. The maximum absolute atomic E-state index is 13.1. The highest BCUT2D eigenvalue weighted by Crippen LogP contribution is 2.35. The minimum atomic E-state index is -1.50. The third-order valence-corrected chi connectivity index (χ3v) is 2.77. The lowest BCUT2D eigenvalue weighted by atomic mass is 10.1. The molecule has 0 fully saturated rings.